The molecule has 1 atom stereocenters. The van der Waals surface area contributed by atoms with Crippen LogP contribution in [0.1, 0.15) is 76.0 Å². The van der Waals surface area contributed by atoms with E-state index in [-0.39, 0.29) is 23.8 Å². The van der Waals surface area contributed by atoms with Gasteiger partial charge in [0.15, 0.2) is 17.1 Å². The molecule has 1 unspecified atom stereocenters. The van der Waals surface area contributed by atoms with Gasteiger partial charge in [0.1, 0.15) is 10.8 Å². The van der Waals surface area contributed by atoms with Crippen LogP contribution < -0.4 is 10.1 Å². The Kier molecular flexibility index (Phi) is 8.25. The Morgan fingerprint density at radius 2 is 1.88 bits per heavy atom. The largest absolute Gasteiger partial charge is 0.482 e. The maximum atomic E-state index is 12.4. The van der Waals surface area contributed by atoms with Crippen molar-refractivity contribution in [1.82, 2.24) is 25.0 Å². The van der Waals surface area contributed by atoms with Gasteiger partial charge in [0.2, 0.25) is 11.0 Å². The van der Waals surface area contributed by atoms with Gasteiger partial charge >= 0.3 is 0 Å². The molecule has 2 heterocycles. The van der Waals surface area contributed by atoms with E-state index in [4.69, 9.17) is 4.74 Å². The molecule has 8 nitrogen and oxygen atoms in total. The van der Waals surface area contributed by atoms with Crippen molar-refractivity contribution >= 4 is 34.1 Å². The van der Waals surface area contributed by atoms with Crippen LogP contribution in [0.5, 0.6) is 5.75 Å². The van der Waals surface area contributed by atoms with E-state index in [9.17, 15) is 4.79 Å². The van der Waals surface area contributed by atoms with E-state index < -0.39 is 0 Å². The molecule has 0 fully saturated rings. The number of aryl methyl sites for hydroxylation is 1. The molecule has 3 rings (SSSR count). The number of thioether (sulfide) groups is 1. The Hall–Kier alpha value is -2.46. The summed E-state index contributed by atoms with van der Waals surface area (Å²) in [6.07, 6.45) is 0.506. The highest BCUT2D eigenvalue weighted by Crippen LogP contribution is 2.32. The highest BCUT2D eigenvalue weighted by Gasteiger charge is 2.23. The average molecular weight is 475 g/mol. The fraction of sp³-hybridized carbons (Fsp3) is 0.500. The summed E-state index contributed by atoms with van der Waals surface area (Å²) in [6.45, 7) is 12.4. The molecule has 0 aliphatic heterocycles. The number of amides is 1. The van der Waals surface area contributed by atoms with E-state index in [0.717, 1.165) is 28.6 Å². The van der Waals surface area contributed by atoms with Crippen LogP contribution in [0.2, 0.25) is 0 Å². The Morgan fingerprint density at radius 1 is 1.12 bits per heavy atom. The summed E-state index contributed by atoms with van der Waals surface area (Å²) in [7, 11) is 0. The molecule has 32 heavy (non-hydrogen) atoms. The summed E-state index contributed by atoms with van der Waals surface area (Å²) in [4.78, 5) is 12.4. The van der Waals surface area contributed by atoms with Crippen LogP contribution in [0.15, 0.2) is 29.4 Å². The molecule has 0 aliphatic carbocycles. The number of carbonyl (C=O) groups is 1. The molecule has 1 N–H and O–H groups in total. The fourth-order valence-corrected chi connectivity index (χ4v) is 4.76. The Balaban J connectivity index is 1.70. The standard InChI is InChI=1S/C22H30N6O2S2/c1-7-19-24-26-21(32-19)23-18(29)12-31-22-27-25-20(28(22)14(4)5)15(6)30-17-11-9-8-10-16(17)13(2)3/h8-11,13-15H,7,12H2,1-6H3,(H,23,26,29). The zero-order valence-corrected chi connectivity index (χ0v) is 21.0. The lowest BCUT2D eigenvalue weighted by molar-refractivity contribution is -0.113. The minimum Gasteiger partial charge on any atom is -0.482 e. The molecule has 0 saturated heterocycles. The van der Waals surface area contributed by atoms with Gasteiger partial charge in [-0.2, -0.15) is 0 Å². The maximum Gasteiger partial charge on any atom is 0.236 e. The number of hydrogen-bond donors (Lipinski definition) is 1. The van der Waals surface area contributed by atoms with E-state index in [2.05, 4.69) is 59.5 Å². The Bertz CT molecular complexity index is 1050. The zero-order valence-electron chi connectivity index (χ0n) is 19.3. The van der Waals surface area contributed by atoms with E-state index in [1.54, 1.807) is 0 Å². The summed E-state index contributed by atoms with van der Waals surface area (Å²) in [5.74, 6) is 2.00. The smallest absolute Gasteiger partial charge is 0.236 e. The molecular formula is C22H30N6O2S2. The molecule has 0 saturated carbocycles. The van der Waals surface area contributed by atoms with Gasteiger partial charge < -0.3 is 9.30 Å². The summed E-state index contributed by atoms with van der Waals surface area (Å²) in [5, 5.41) is 21.7. The van der Waals surface area contributed by atoms with E-state index in [1.165, 1.54) is 23.1 Å². The second kappa shape index (κ2) is 10.9. The summed E-state index contributed by atoms with van der Waals surface area (Å²) >= 11 is 2.74. The first-order chi connectivity index (χ1) is 15.3. The zero-order chi connectivity index (χ0) is 23.3. The van der Waals surface area contributed by atoms with Crippen molar-refractivity contribution in [2.24, 2.45) is 0 Å². The number of ether oxygens (including phenoxy) is 1. The summed E-state index contributed by atoms with van der Waals surface area (Å²) in [6, 6.07) is 8.18. The van der Waals surface area contributed by atoms with Crippen molar-refractivity contribution in [2.75, 3.05) is 11.1 Å². The lowest BCUT2D eigenvalue weighted by Crippen LogP contribution is -2.17. The molecule has 1 amide bonds. The molecule has 3 aromatic rings. The van der Waals surface area contributed by atoms with Crippen LogP contribution >= 0.6 is 23.1 Å². The first-order valence-electron chi connectivity index (χ1n) is 10.8. The minimum absolute atomic E-state index is 0.118. The number of anilines is 1. The average Bonchev–Trinajstić information content (AvgIpc) is 3.39. The monoisotopic (exact) mass is 474 g/mol. The van der Waals surface area contributed by atoms with E-state index in [1.807, 2.05) is 36.6 Å². The predicted octanol–water partition coefficient (Wildman–Crippen LogP) is 5.27. The van der Waals surface area contributed by atoms with E-state index in [0.29, 0.717) is 16.2 Å². The van der Waals surface area contributed by atoms with Gasteiger partial charge in [0.25, 0.3) is 0 Å². The third-order valence-corrected chi connectivity index (χ3v) is 6.69. The van der Waals surface area contributed by atoms with Crippen molar-refractivity contribution in [3.63, 3.8) is 0 Å². The first-order valence-corrected chi connectivity index (χ1v) is 12.6. The maximum absolute atomic E-state index is 12.4. The number of para-hydroxylation sites is 1. The van der Waals surface area contributed by atoms with Gasteiger partial charge in [-0.3, -0.25) is 10.1 Å². The van der Waals surface area contributed by atoms with Crippen molar-refractivity contribution < 1.29 is 9.53 Å². The van der Waals surface area contributed by atoms with Gasteiger partial charge in [-0.1, -0.05) is 62.1 Å². The van der Waals surface area contributed by atoms with Crippen molar-refractivity contribution in [3.05, 3.63) is 40.7 Å². The van der Waals surface area contributed by atoms with Crippen LogP contribution in [0.25, 0.3) is 0 Å². The third-order valence-electron chi connectivity index (χ3n) is 4.76. The molecule has 0 radical (unpaired) electrons. The van der Waals surface area contributed by atoms with Crippen molar-refractivity contribution in [2.45, 2.75) is 71.2 Å². The number of nitrogens with zero attached hydrogens (tertiary/aromatic N) is 5. The number of rotatable bonds is 10. The van der Waals surface area contributed by atoms with Crippen molar-refractivity contribution in [1.29, 1.82) is 0 Å². The van der Waals surface area contributed by atoms with Crippen LogP contribution in [-0.2, 0) is 11.2 Å². The van der Waals surface area contributed by atoms with Gasteiger partial charge in [-0.05, 0) is 44.7 Å². The van der Waals surface area contributed by atoms with Crippen LogP contribution in [0.3, 0.4) is 0 Å². The molecule has 0 aliphatic rings. The highest BCUT2D eigenvalue weighted by atomic mass is 32.2. The lowest BCUT2D eigenvalue weighted by Gasteiger charge is -2.21. The van der Waals surface area contributed by atoms with Crippen LogP contribution in [0.4, 0.5) is 5.13 Å². The molecule has 1 aromatic carbocycles. The number of aromatic nitrogens is 5. The first kappa shape index (κ1) is 24.2. The van der Waals surface area contributed by atoms with Crippen LogP contribution in [0, 0.1) is 0 Å². The normalized spacial score (nSPS) is 12.4. The second-order valence-corrected chi connectivity index (χ2v) is 9.95. The number of hydrogen-bond acceptors (Lipinski definition) is 8. The molecule has 172 valence electrons. The SMILES string of the molecule is CCc1nnc(NC(=O)CSc2nnc(C(C)Oc3ccccc3C(C)C)n2C(C)C)s1. The quantitative estimate of drug-likeness (QED) is 0.400. The molecular weight excluding hydrogens is 444 g/mol. The van der Waals surface area contributed by atoms with Gasteiger partial charge in [-0.15, -0.1) is 20.4 Å². The van der Waals surface area contributed by atoms with Crippen LogP contribution in [-0.4, -0.2) is 36.6 Å². The molecule has 0 bridgehead atoms. The predicted molar refractivity (Wildman–Crippen MR) is 129 cm³/mol. The number of benzene rings is 1. The fourth-order valence-electron chi connectivity index (χ4n) is 3.19. The number of nitrogens with one attached hydrogen (secondary N) is 1. The summed E-state index contributed by atoms with van der Waals surface area (Å²) in [5.41, 5.74) is 1.16. The summed E-state index contributed by atoms with van der Waals surface area (Å²) < 4.78 is 8.32. The molecule has 2 aromatic heterocycles. The third kappa shape index (κ3) is 5.86. The van der Waals surface area contributed by atoms with Gasteiger partial charge in [0, 0.05) is 6.04 Å². The number of carbonyl (C=O) groups excluding carboxylic acids is 1. The topological polar surface area (TPSA) is 94.8 Å². The second-order valence-electron chi connectivity index (χ2n) is 7.95. The highest BCUT2D eigenvalue weighted by molar-refractivity contribution is 7.99. The molecule has 0 spiro atoms. The minimum atomic E-state index is -0.290. The van der Waals surface area contributed by atoms with Gasteiger partial charge in [-0.25, -0.2) is 0 Å². The van der Waals surface area contributed by atoms with Crippen molar-refractivity contribution in [3.8, 4) is 5.75 Å². The Labute approximate surface area is 197 Å². The Morgan fingerprint density at radius 3 is 2.53 bits per heavy atom. The molecule has 10 heteroatoms. The van der Waals surface area contributed by atoms with Gasteiger partial charge in [0.05, 0.1) is 5.75 Å². The lowest BCUT2D eigenvalue weighted by atomic mass is 10.0. The van der Waals surface area contributed by atoms with E-state index >= 15 is 0 Å².